The minimum atomic E-state index is -0.216. The fourth-order valence-electron chi connectivity index (χ4n) is 1.94. The number of rotatable bonds is 6. The van der Waals surface area contributed by atoms with Crippen LogP contribution in [0.5, 0.6) is 0 Å². The van der Waals surface area contributed by atoms with E-state index >= 15 is 0 Å². The molecule has 0 bridgehead atoms. The number of hydrogen-bond acceptors (Lipinski definition) is 2. The Kier molecular flexibility index (Phi) is 5.00. The van der Waals surface area contributed by atoms with Crippen LogP contribution in [0.4, 0.5) is 0 Å². The zero-order valence-electron chi connectivity index (χ0n) is 10.8. The number of aliphatic hydroxyl groups is 1. The molecular formula is C13H24N2O. The van der Waals surface area contributed by atoms with Crippen LogP contribution in [0.2, 0.25) is 0 Å². The van der Waals surface area contributed by atoms with E-state index in [2.05, 4.69) is 38.1 Å². The Morgan fingerprint density at radius 1 is 1.38 bits per heavy atom. The summed E-state index contributed by atoms with van der Waals surface area (Å²) in [6, 6.07) is 2.56. The van der Waals surface area contributed by atoms with Crippen molar-refractivity contribution in [2.45, 2.75) is 59.1 Å². The third-order valence-corrected chi connectivity index (χ3v) is 3.01. The van der Waals surface area contributed by atoms with Crippen molar-refractivity contribution in [1.29, 1.82) is 0 Å². The van der Waals surface area contributed by atoms with E-state index in [-0.39, 0.29) is 6.10 Å². The first-order chi connectivity index (χ1) is 7.52. The maximum Gasteiger partial charge on any atom is 0.0627 e. The molecule has 92 valence electrons. The molecule has 1 rings (SSSR count). The summed E-state index contributed by atoms with van der Waals surface area (Å²) in [4.78, 5) is 0. The molecule has 0 saturated carbocycles. The van der Waals surface area contributed by atoms with Crippen LogP contribution >= 0.6 is 0 Å². The van der Waals surface area contributed by atoms with Crippen molar-refractivity contribution in [1.82, 2.24) is 9.78 Å². The molecule has 0 amide bonds. The van der Waals surface area contributed by atoms with Gasteiger partial charge in [0, 0.05) is 12.2 Å². The molecule has 1 aromatic heterocycles. The van der Waals surface area contributed by atoms with Gasteiger partial charge in [-0.15, -0.1) is 0 Å². The molecular weight excluding hydrogens is 200 g/mol. The second-order valence-corrected chi connectivity index (χ2v) is 4.94. The first-order valence-electron chi connectivity index (χ1n) is 6.25. The topological polar surface area (TPSA) is 38.0 Å². The van der Waals surface area contributed by atoms with E-state index in [0.717, 1.165) is 25.0 Å². The number of aliphatic hydroxyl groups excluding tert-OH is 1. The second kappa shape index (κ2) is 6.04. The number of hydrogen-bond donors (Lipinski definition) is 1. The molecule has 0 radical (unpaired) electrons. The molecule has 3 nitrogen and oxygen atoms in total. The number of aromatic nitrogens is 2. The maximum absolute atomic E-state index is 9.31. The van der Waals surface area contributed by atoms with E-state index in [4.69, 9.17) is 0 Å². The van der Waals surface area contributed by atoms with Crippen molar-refractivity contribution >= 4 is 0 Å². The lowest BCUT2D eigenvalue weighted by atomic mass is 9.99. The average molecular weight is 224 g/mol. The number of nitrogens with zero attached hydrogens (tertiary/aromatic N) is 2. The van der Waals surface area contributed by atoms with E-state index in [0.29, 0.717) is 12.0 Å². The summed E-state index contributed by atoms with van der Waals surface area (Å²) in [7, 11) is 0. The molecule has 16 heavy (non-hydrogen) atoms. The minimum Gasteiger partial charge on any atom is -0.393 e. The van der Waals surface area contributed by atoms with Crippen LogP contribution in [0.3, 0.4) is 0 Å². The Bertz CT molecular complexity index is 307. The van der Waals surface area contributed by atoms with E-state index < -0.39 is 0 Å². The third kappa shape index (κ3) is 3.97. The van der Waals surface area contributed by atoms with Crippen LogP contribution in [-0.4, -0.2) is 21.0 Å². The van der Waals surface area contributed by atoms with Crippen LogP contribution in [0.25, 0.3) is 0 Å². The van der Waals surface area contributed by atoms with Crippen molar-refractivity contribution in [3.8, 4) is 0 Å². The van der Waals surface area contributed by atoms with Gasteiger partial charge in [-0.3, -0.25) is 4.68 Å². The summed E-state index contributed by atoms with van der Waals surface area (Å²) in [5.74, 6) is 0.486. The molecule has 3 unspecified atom stereocenters. The molecule has 0 spiro atoms. The van der Waals surface area contributed by atoms with Crippen molar-refractivity contribution in [3.05, 3.63) is 18.0 Å². The predicted molar refractivity (Wildman–Crippen MR) is 66.4 cm³/mol. The quantitative estimate of drug-likeness (QED) is 0.807. The highest BCUT2D eigenvalue weighted by Crippen LogP contribution is 2.14. The van der Waals surface area contributed by atoms with Gasteiger partial charge in [0.05, 0.1) is 11.8 Å². The lowest BCUT2D eigenvalue weighted by Gasteiger charge is -2.12. The van der Waals surface area contributed by atoms with Gasteiger partial charge in [0.15, 0.2) is 0 Å². The van der Waals surface area contributed by atoms with Gasteiger partial charge >= 0.3 is 0 Å². The Morgan fingerprint density at radius 3 is 2.62 bits per heavy atom. The highest BCUT2D eigenvalue weighted by molar-refractivity contribution is 5.00. The molecule has 0 saturated heterocycles. The van der Waals surface area contributed by atoms with Gasteiger partial charge in [-0.25, -0.2) is 0 Å². The van der Waals surface area contributed by atoms with Crippen LogP contribution in [0.1, 0.15) is 52.3 Å². The Balaban J connectivity index is 2.51. The van der Waals surface area contributed by atoms with Crippen LogP contribution in [0.15, 0.2) is 12.3 Å². The van der Waals surface area contributed by atoms with Crippen LogP contribution in [0, 0.1) is 5.92 Å². The van der Waals surface area contributed by atoms with Gasteiger partial charge in [0.1, 0.15) is 0 Å². The zero-order chi connectivity index (χ0) is 12.1. The van der Waals surface area contributed by atoms with Gasteiger partial charge in [0.25, 0.3) is 0 Å². The molecule has 0 aliphatic carbocycles. The Morgan fingerprint density at radius 2 is 2.06 bits per heavy atom. The lowest BCUT2D eigenvalue weighted by molar-refractivity contribution is 0.164. The smallest absolute Gasteiger partial charge is 0.0627 e. The van der Waals surface area contributed by atoms with Gasteiger partial charge in [-0.2, -0.15) is 5.10 Å². The summed E-state index contributed by atoms with van der Waals surface area (Å²) in [6.07, 6.45) is 4.74. The van der Waals surface area contributed by atoms with Gasteiger partial charge in [-0.1, -0.05) is 13.8 Å². The Hall–Kier alpha value is -0.830. The third-order valence-electron chi connectivity index (χ3n) is 3.01. The summed E-state index contributed by atoms with van der Waals surface area (Å²) >= 11 is 0. The monoisotopic (exact) mass is 224 g/mol. The molecule has 0 aliphatic rings. The summed E-state index contributed by atoms with van der Waals surface area (Å²) in [6.45, 7) is 8.35. The second-order valence-electron chi connectivity index (χ2n) is 4.94. The normalized spacial score (nSPS) is 17.1. The predicted octanol–water partition coefficient (Wildman–Crippen LogP) is 2.80. The van der Waals surface area contributed by atoms with E-state index in [1.807, 2.05) is 11.6 Å². The largest absolute Gasteiger partial charge is 0.393 e. The van der Waals surface area contributed by atoms with Crippen molar-refractivity contribution < 1.29 is 5.11 Å². The SMILES string of the molecule is CCC(C)n1ccc(CC(C)CC(C)O)n1. The van der Waals surface area contributed by atoms with Gasteiger partial charge in [0.2, 0.25) is 0 Å². The first-order valence-corrected chi connectivity index (χ1v) is 6.25. The van der Waals surface area contributed by atoms with E-state index in [1.165, 1.54) is 0 Å². The zero-order valence-corrected chi connectivity index (χ0v) is 10.8. The molecule has 0 aromatic carbocycles. The molecule has 3 heteroatoms. The molecule has 3 atom stereocenters. The van der Waals surface area contributed by atoms with Crippen molar-refractivity contribution in [2.75, 3.05) is 0 Å². The fraction of sp³-hybridized carbons (Fsp3) is 0.769. The van der Waals surface area contributed by atoms with Crippen molar-refractivity contribution in [2.24, 2.45) is 5.92 Å². The molecule has 0 aliphatic heterocycles. The lowest BCUT2D eigenvalue weighted by Crippen LogP contribution is -2.10. The maximum atomic E-state index is 9.31. The van der Waals surface area contributed by atoms with Gasteiger partial charge in [-0.05, 0) is 45.1 Å². The molecule has 1 heterocycles. The summed E-state index contributed by atoms with van der Waals surface area (Å²) < 4.78 is 2.03. The van der Waals surface area contributed by atoms with E-state index in [1.54, 1.807) is 0 Å². The van der Waals surface area contributed by atoms with Crippen molar-refractivity contribution in [3.63, 3.8) is 0 Å². The summed E-state index contributed by atoms with van der Waals surface area (Å²) in [5, 5.41) is 13.9. The first kappa shape index (κ1) is 13.2. The molecule has 1 N–H and O–H groups in total. The highest BCUT2D eigenvalue weighted by Gasteiger charge is 2.10. The molecule has 1 aromatic rings. The van der Waals surface area contributed by atoms with Gasteiger partial charge < -0.3 is 5.11 Å². The minimum absolute atomic E-state index is 0.216. The highest BCUT2D eigenvalue weighted by atomic mass is 16.3. The van der Waals surface area contributed by atoms with Crippen LogP contribution < -0.4 is 0 Å². The average Bonchev–Trinajstić information content (AvgIpc) is 2.63. The Labute approximate surface area is 98.5 Å². The molecule has 0 fully saturated rings. The van der Waals surface area contributed by atoms with Crippen LogP contribution in [-0.2, 0) is 6.42 Å². The van der Waals surface area contributed by atoms with E-state index in [9.17, 15) is 5.11 Å². The standard InChI is InChI=1S/C13H24N2O/c1-5-11(3)15-7-6-13(14-15)9-10(2)8-12(4)16/h6-7,10-12,16H,5,8-9H2,1-4H3. The summed E-state index contributed by atoms with van der Waals surface area (Å²) in [5.41, 5.74) is 1.13. The fourth-order valence-corrected chi connectivity index (χ4v) is 1.94.